The van der Waals surface area contributed by atoms with Crippen LogP contribution in [0.4, 0.5) is 0 Å². The third-order valence-electron chi connectivity index (χ3n) is 11.5. The highest BCUT2D eigenvalue weighted by Gasteiger charge is 2.19. The molecule has 0 aromatic rings. The Hall–Kier alpha value is -3.93. The van der Waals surface area contributed by atoms with Crippen LogP contribution >= 0.6 is 0 Å². The van der Waals surface area contributed by atoms with Gasteiger partial charge in [-0.3, -0.25) is 14.4 Å². The highest BCUT2D eigenvalue weighted by molar-refractivity contribution is 5.71. The molecule has 1 atom stereocenters. The average molecular weight is 943 g/mol. The van der Waals surface area contributed by atoms with E-state index < -0.39 is 6.10 Å². The summed E-state index contributed by atoms with van der Waals surface area (Å²) in [5, 5.41) is 0. The summed E-state index contributed by atoms with van der Waals surface area (Å²) in [6.07, 6.45) is 75.1. The van der Waals surface area contributed by atoms with E-state index in [1.807, 2.05) is 0 Å². The molecule has 0 aliphatic heterocycles. The number of ether oxygens (including phenoxy) is 3. The van der Waals surface area contributed by atoms with Crippen LogP contribution in [0.5, 0.6) is 0 Å². The summed E-state index contributed by atoms with van der Waals surface area (Å²) in [7, 11) is 0. The number of rotatable bonds is 49. The Balaban J connectivity index is 4.40. The Bertz CT molecular complexity index is 1410. The van der Waals surface area contributed by atoms with Gasteiger partial charge in [-0.1, -0.05) is 233 Å². The van der Waals surface area contributed by atoms with Gasteiger partial charge in [-0.05, 0) is 103 Å². The van der Waals surface area contributed by atoms with Crippen molar-refractivity contribution in [3.63, 3.8) is 0 Å². The molecule has 0 radical (unpaired) electrons. The van der Waals surface area contributed by atoms with E-state index in [1.54, 1.807) is 0 Å². The van der Waals surface area contributed by atoms with Crippen LogP contribution in [0.25, 0.3) is 0 Å². The second-order valence-corrected chi connectivity index (χ2v) is 18.1. The number of unbranched alkanes of at least 4 members (excludes halogenated alkanes) is 20. The first kappa shape index (κ1) is 64.1. The summed E-state index contributed by atoms with van der Waals surface area (Å²) in [5.41, 5.74) is 0. The Labute approximate surface area is 419 Å². The topological polar surface area (TPSA) is 78.9 Å². The van der Waals surface area contributed by atoms with Gasteiger partial charge in [-0.15, -0.1) is 0 Å². The molecular weight excluding hydrogens is 841 g/mol. The molecule has 0 aromatic carbocycles. The van der Waals surface area contributed by atoms with Crippen LogP contribution in [0.1, 0.15) is 245 Å². The molecule has 0 amide bonds. The lowest BCUT2D eigenvalue weighted by Crippen LogP contribution is -2.30. The minimum Gasteiger partial charge on any atom is -0.462 e. The zero-order valence-corrected chi connectivity index (χ0v) is 44.1. The van der Waals surface area contributed by atoms with Gasteiger partial charge in [0.15, 0.2) is 6.10 Å². The van der Waals surface area contributed by atoms with Gasteiger partial charge in [-0.2, -0.15) is 0 Å². The van der Waals surface area contributed by atoms with Crippen molar-refractivity contribution in [2.45, 2.75) is 252 Å². The summed E-state index contributed by atoms with van der Waals surface area (Å²) in [6.45, 7) is 6.36. The van der Waals surface area contributed by atoms with Gasteiger partial charge in [0, 0.05) is 19.3 Å². The fraction of sp³-hybridized carbons (Fsp3) is 0.661. The number of carbonyl (C=O) groups excluding carboxylic acids is 3. The van der Waals surface area contributed by atoms with Gasteiger partial charge in [0.05, 0.1) is 0 Å². The van der Waals surface area contributed by atoms with Gasteiger partial charge in [-0.25, -0.2) is 0 Å². The molecule has 1 unspecified atom stereocenters. The predicted molar refractivity (Wildman–Crippen MR) is 293 cm³/mol. The second kappa shape index (κ2) is 55.7. The number of allylic oxidation sites excluding steroid dienone is 18. The molecule has 0 aromatic heterocycles. The second-order valence-electron chi connectivity index (χ2n) is 18.1. The van der Waals surface area contributed by atoms with Crippen molar-refractivity contribution in [2.75, 3.05) is 13.2 Å². The van der Waals surface area contributed by atoms with Crippen LogP contribution in [-0.4, -0.2) is 37.2 Å². The summed E-state index contributed by atoms with van der Waals surface area (Å²) >= 11 is 0. The Morgan fingerprint density at radius 2 is 0.574 bits per heavy atom. The average Bonchev–Trinajstić information content (AvgIpc) is 3.34. The van der Waals surface area contributed by atoms with E-state index in [4.69, 9.17) is 14.2 Å². The van der Waals surface area contributed by atoms with Crippen molar-refractivity contribution in [3.05, 3.63) is 109 Å². The van der Waals surface area contributed by atoms with E-state index in [1.165, 1.54) is 77.0 Å². The minimum absolute atomic E-state index is 0.0941. The van der Waals surface area contributed by atoms with E-state index in [0.717, 1.165) is 128 Å². The van der Waals surface area contributed by atoms with Gasteiger partial charge in [0.25, 0.3) is 0 Å². The highest BCUT2D eigenvalue weighted by atomic mass is 16.6. The maximum atomic E-state index is 12.8. The standard InChI is InChI=1S/C62H102O6/c1-4-7-10-13-16-19-22-24-26-28-30-31-33-34-36-38-40-43-46-49-52-55-61(64)67-58-59(57-66-60(63)54-51-48-45-42-21-18-15-12-9-6-3)68-62(65)56-53-50-47-44-41-39-37-35-32-29-27-25-23-20-17-14-11-8-5-2/h7-8,10-11,16-17,19-20,24-27,30-32,35,39,41,59H,4-6,9,12-15,18,21-23,28-29,33-34,36-38,40,42-58H2,1-3H3/b10-7-,11-8-,19-16-,20-17-,26-24-,27-25-,31-30-,35-32-,41-39-. The fourth-order valence-electron chi connectivity index (χ4n) is 7.40. The third kappa shape index (κ3) is 53.0. The molecule has 0 bridgehead atoms. The van der Waals surface area contributed by atoms with Gasteiger partial charge >= 0.3 is 17.9 Å². The van der Waals surface area contributed by atoms with Crippen molar-refractivity contribution in [3.8, 4) is 0 Å². The van der Waals surface area contributed by atoms with Gasteiger partial charge < -0.3 is 14.2 Å². The molecule has 0 heterocycles. The summed E-state index contributed by atoms with van der Waals surface area (Å²) < 4.78 is 16.8. The monoisotopic (exact) mass is 943 g/mol. The highest BCUT2D eigenvalue weighted by Crippen LogP contribution is 2.14. The third-order valence-corrected chi connectivity index (χ3v) is 11.5. The molecule has 0 rings (SSSR count). The van der Waals surface area contributed by atoms with E-state index in [0.29, 0.717) is 12.8 Å². The van der Waals surface area contributed by atoms with Crippen LogP contribution < -0.4 is 0 Å². The van der Waals surface area contributed by atoms with Crippen molar-refractivity contribution >= 4 is 17.9 Å². The molecule has 6 nitrogen and oxygen atoms in total. The molecule has 0 fully saturated rings. The van der Waals surface area contributed by atoms with Crippen LogP contribution in [-0.2, 0) is 28.6 Å². The SMILES string of the molecule is CC/C=C\C/C=C\C/C=C\C/C=C\C/C=C\CCCCCC(=O)OC(COC(=O)CCCCCCCCCC/C=C\C/C=C\C/C=C\C/C=C\CC)COC(=O)CCCCCCCCCCCC. The minimum atomic E-state index is -0.799. The first-order valence-electron chi connectivity index (χ1n) is 27.9. The summed E-state index contributed by atoms with van der Waals surface area (Å²) in [5.74, 6) is -0.937. The molecule has 6 heteroatoms. The lowest BCUT2D eigenvalue weighted by Gasteiger charge is -2.18. The zero-order valence-electron chi connectivity index (χ0n) is 44.1. The normalized spacial score (nSPS) is 12.9. The number of hydrogen-bond donors (Lipinski definition) is 0. The number of esters is 3. The Kier molecular flexibility index (Phi) is 52.4. The van der Waals surface area contributed by atoms with Crippen molar-refractivity contribution in [2.24, 2.45) is 0 Å². The quantitative estimate of drug-likeness (QED) is 0.0262. The number of carbonyl (C=O) groups is 3. The molecule has 0 aliphatic carbocycles. The van der Waals surface area contributed by atoms with Crippen LogP contribution in [0, 0.1) is 0 Å². The van der Waals surface area contributed by atoms with Crippen molar-refractivity contribution in [1.82, 2.24) is 0 Å². The molecular formula is C62H102O6. The molecule has 386 valence electrons. The maximum absolute atomic E-state index is 12.8. The Morgan fingerprint density at radius 1 is 0.309 bits per heavy atom. The molecule has 0 saturated heterocycles. The van der Waals surface area contributed by atoms with Crippen LogP contribution in [0.2, 0.25) is 0 Å². The molecule has 0 N–H and O–H groups in total. The predicted octanol–water partition coefficient (Wildman–Crippen LogP) is 18.7. The van der Waals surface area contributed by atoms with E-state index >= 15 is 0 Å². The smallest absolute Gasteiger partial charge is 0.306 e. The number of hydrogen-bond acceptors (Lipinski definition) is 6. The van der Waals surface area contributed by atoms with Gasteiger partial charge in [0.1, 0.15) is 13.2 Å². The lowest BCUT2D eigenvalue weighted by atomic mass is 10.1. The van der Waals surface area contributed by atoms with E-state index in [-0.39, 0.29) is 37.5 Å². The summed E-state index contributed by atoms with van der Waals surface area (Å²) in [4.78, 5) is 38.1. The van der Waals surface area contributed by atoms with Gasteiger partial charge in [0.2, 0.25) is 0 Å². The first-order chi connectivity index (χ1) is 33.5. The Morgan fingerprint density at radius 3 is 0.912 bits per heavy atom. The molecule has 68 heavy (non-hydrogen) atoms. The van der Waals surface area contributed by atoms with E-state index in [9.17, 15) is 14.4 Å². The summed E-state index contributed by atoms with van der Waals surface area (Å²) in [6, 6.07) is 0. The zero-order chi connectivity index (χ0) is 49.3. The maximum Gasteiger partial charge on any atom is 0.306 e. The molecule has 0 aliphatic rings. The van der Waals surface area contributed by atoms with E-state index in [2.05, 4.69) is 130 Å². The lowest BCUT2D eigenvalue weighted by molar-refractivity contribution is -0.167. The van der Waals surface area contributed by atoms with Crippen LogP contribution in [0.3, 0.4) is 0 Å². The fourth-order valence-corrected chi connectivity index (χ4v) is 7.40. The van der Waals surface area contributed by atoms with Crippen molar-refractivity contribution < 1.29 is 28.6 Å². The largest absolute Gasteiger partial charge is 0.462 e. The first-order valence-corrected chi connectivity index (χ1v) is 27.9. The van der Waals surface area contributed by atoms with Crippen LogP contribution in [0.15, 0.2) is 109 Å². The van der Waals surface area contributed by atoms with Crippen molar-refractivity contribution in [1.29, 1.82) is 0 Å². The molecule has 0 spiro atoms. The molecule has 0 saturated carbocycles.